The minimum Gasteiger partial charge on any atom is -0.493 e. The van der Waals surface area contributed by atoms with Crippen LogP contribution in [0.25, 0.3) is 75.8 Å². The number of unbranched alkanes of at least 4 members (excludes halogenated alkanes) is 1. The summed E-state index contributed by atoms with van der Waals surface area (Å²) in [6.45, 7) is 20.5. The van der Waals surface area contributed by atoms with Gasteiger partial charge in [-0.15, -0.1) is 24.5 Å². The maximum atomic E-state index is 6.87. The van der Waals surface area contributed by atoms with Crippen LogP contribution in [0.2, 0.25) is 0 Å². The van der Waals surface area contributed by atoms with E-state index in [4.69, 9.17) is 14.2 Å². The summed E-state index contributed by atoms with van der Waals surface area (Å²) in [5.41, 5.74) is 32.0. The van der Waals surface area contributed by atoms with Crippen LogP contribution in [-0.2, 0) is 42.9 Å². The van der Waals surface area contributed by atoms with Gasteiger partial charge in [0.2, 0.25) is 0 Å². The number of benzene rings is 11. The summed E-state index contributed by atoms with van der Waals surface area (Å²) in [7, 11) is 0. The quantitative estimate of drug-likeness (QED) is 0.0672. The van der Waals surface area contributed by atoms with Crippen molar-refractivity contribution in [3.8, 4) is 78.6 Å². The summed E-state index contributed by atoms with van der Waals surface area (Å²) in [5, 5.41) is 2.37. The lowest BCUT2D eigenvalue weighted by atomic mass is 9.65. The minimum absolute atomic E-state index is 0.266. The van der Waals surface area contributed by atoms with Gasteiger partial charge in [0.1, 0.15) is 11.5 Å². The minimum atomic E-state index is -0.610. The largest absolute Gasteiger partial charge is 0.493 e. The number of aryl methyl sites for hydroxylation is 7. The molecule has 0 bridgehead atoms. The van der Waals surface area contributed by atoms with E-state index in [1.165, 1.54) is 139 Å². The summed E-state index contributed by atoms with van der Waals surface area (Å²) in [4.78, 5) is 2.36. The van der Waals surface area contributed by atoms with E-state index in [9.17, 15) is 0 Å². The number of hydrogen-bond donors (Lipinski definition) is 0. The molecule has 456 valence electrons. The molecule has 5 heteroatoms. The lowest BCUT2D eigenvalue weighted by molar-refractivity contribution is 0.323. The van der Waals surface area contributed by atoms with Crippen molar-refractivity contribution in [1.82, 2.24) is 0 Å². The molecule has 0 atom stereocenters. The van der Waals surface area contributed by atoms with E-state index in [0.29, 0.717) is 13.2 Å². The molecule has 1 aromatic heterocycles. The molecule has 4 nitrogen and oxygen atoms in total. The van der Waals surface area contributed by atoms with E-state index in [2.05, 4.69) is 247 Å². The fourth-order valence-corrected chi connectivity index (χ4v) is 17.1. The van der Waals surface area contributed by atoms with Gasteiger partial charge in [-0.05, 0) is 273 Å². The van der Waals surface area contributed by atoms with Crippen molar-refractivity contribution in [1.29, 1.82) is 0 Å². The van der Waals surface area contributed by atoms with E-state index in [-0.39, 0.29) is 5.41 Å². The van der Waals surface area contributed by atoms with Gasteiger partial charge in [-0.3, -0.25) is 0 Å². The Labute approximate surface area is 551 Å². The van der Waals surface area contributed by atoms with Crippen molar-refractivity contribution >= 4 is 48.6 Å². The van der Waals surface area contributed by atoms with E-state index in [1.807, 2.05) is 23.5 Å². The SMILES string of the molecule is C=CCCOc1cc2c(cc1C)sc1cc(-c3ccc4c(c3)C(c3ccc5c(c3)CC5)(c3ccc5c(c3)CC5)c3cc(-c5ccc6c(c5)C(C)(C)c5cc(-c7ccc8c(c7)Oc7cc(C)ccc7N8c7ccc(CCCC)cc7)ccc5-6)ccc3-4)c(OCCC=C)cc12. The third kappa shape index (κ3) is 9.20. The Hall–Kier alpha value is -9.68. The molecule has 4 aliphatic carbocycles. The number of anilines is 3. The van der Waals surface area contributed by atoms with Crippen LogP contribution in [0, 0.1) is 13.8 Å². The number of fused-ring (bicyclic) bond motifs is 13. The molecule has 0 saturated carbocycles. The molecule has 0 radical (unpaired) electrons. The molecular weight excluding hydrogens is 1150 g/mol. The second kappa shape index (κ2) is 22.3. The monoisotopic (exact) mass is 1230 g/mol. The zero-order valence-electron chi connectivity index (χ0n) is 53.9. The molecule has 2 heterocycles. The number of ether oxygens (including phenoxy) is 3. The number of thiophene rings is 1. The summed E-state index contributed by atoms with van der Waals surface area (Å²) in [6, 6.07) is 75.5. The average molecular weight is 1230 g/mol. The lowest BCUT2D eigenvalue weighted by Gasteiger charge is -2.37. The van der Waals surface area contributed by atoms with Crippen LogP contribution in [0.3, 0.4) is 0 Å². The van der Waals surface area contributed by atoms with Gasteiger partial charge >= 0.3 is 0 Å². The molecule has 0 spiro atoms. The highest BCUT2D eigenvalue weighted by atomic mass is 32.1. The van der Waals surface area contributed by atoms with Crippen LogP contribution >= 0.6 is 11.3 Å². The molecule has 0 amide bonds. The maximum Gasteiger partial charge on any atom is 0.152 e. The Morgan fingerprint density at radius 1 is 0.484 bits per heavy atom. The zero-order valence-corrected chi connectivity index (χ0v) is 54.7. The molecule has 12 aromatic rings. The van der Waals surface area contributed by atoms with Crippen LogP contribution in [0.5, 0.6) is 23.0 Å². The number of rotatable bonds is 17. The van der Waals surface area contributed by atoms with E-state index < -0.39 is 5.41 Å². The van der Waals surface area contributed by atoms with Crippen molar-refractivity contribution in [2.75, 3.05) is 18.1 Å². The third-order valence-electron chi connectivity index (χ3n) is 21.2. The second-order valence-corrected chi connectivity index (χ2v) is 28.2. The first kappa shape index (κ1) is 57.2. The van der Waals surface area contributed by atoms with E-state index >= 15 is 0 Å². The molecule has 11 aromatic carbocycles. The number of hydrogen-bond acceptors (Lipinski definition) is 5. The topological polar surface area (TPSA) is 30.9 Å². The molecule has 0 N–H and O–H groups in total. The van der Waals surface area contributed by atoms with Gasteiger partial charge in [0.05, 0.1) is 30.0 Å². The highest BCUT2D eigenvalue weighted by molar-refractivity contribution is 7.25. The first-order valence-electron chi connectivity index (χ1n) is 33.6. The predicted molar refractivity (Wildman–Crippen MR) is 389 cm³/mol. The Bertz CT molecular complexity index is 5060. The molecular formula is C88H75NO3S. The van der Waals surface area contributed by atoms with Crippen molar-refractivity contribution in [3.05, 3.63) is 292 Å². The fraction of sp³-hybridized carbons (Fsp3) is 0.205. The Morgan fingerprint density at radius 2 is 0.989 bits per heavy atom. The van der Waals surface area contributed by atoms with Crippen LogP contribution in [-0.4, -0.2) is 13.2 Å². The zero-order chi connectivity index (χ0) is 62.9. The first-order chi connectivity index (χ1) is 45.5. The lowest BCUT2D eigenvalue weighted by Crippen LogP contribution is -2.30. The Balaban J connectivity index is 0.763. The smallest absolute Gasteiger partial charge is 0.152 e. The maximum absolute atomic E-state index is 6.87. The van der Waals surface area contributed by atoms with Gasteiger partial charge in [0.25, 0.3) is 0 Å². The molecule has 1 aliphatic heterocycles. The highest BCUT2D eigenvalue weighted by Gasteiger charge is 2.48. The Morgan fingerprint density at radius 3 is 1.57 bits per heavy atom. The first-order valence-corrected chi connectivity index (χ1v) is 34.4. The van der Waals surface area contributed by atoms with Crippen molar-refractivity contribution in [3.63, 3.8) is 0 Å². The number of nitrogens with zero attached hydrogens (tertiary/aromatic N) is 1. The fourth-order valence-electron chi connectivity index (χ4n) is 15.9. The van der Waals surface area contributed by atoms with Gasteiger partial charge in [0, 0.05) is 36.8 Å². The second-order valence-electron chi connectivity index (χ2n) is 27.2. The third-order valence-corrected chi connectivity index (χ3v) is 22.3. The molecule has 93 heavy (non-hydrogen) atoms. The van der Waals surface area contributed by atoms with Gasteiger partial charge in [-0.25, -0.2) is 0 Å². The normalized spacial score (nSPS) is 14.5. The highest BCUT2D eigenvalue weighted by Crippen LogP contribution is 2.60. The van der Waals surface area contributed by atoms with Crippen molar-refractivity contribution in [2.45, 2.75) is 103 Å². The van der Waals surface area contributed by atoms with Gasteiger partial charge < -0.3 is 19.1 Å². The standard InChI is InChI=1S/C88H75NO3S/c1-8-11-14-55-16-31-67(32-17-55)89-79-37-15-53(4)41-83(79)92-84-49-63(28-38-80(84)89)61-25-34-69-68-33-24-60(45-75(68)87(6,7)76(69)46-61)62-26-35-70-71-36-27-64(72-52-86-74(51-82(72)91-40-13-10-3)73-50-81(90-39-12-9-2)54(5)42-85(73)93-86)48-78(71)88(77(70)47-62,65-29-22-56-18-20-58(56)43-65)66-30-23-57-19-21-59(57)44-66/h9-10,15-17,22-38,41-52H,2-3,8,11-14,18-21,39-40H2,1,4-7H3. The van der Waals surface area contributed by atoms with Crippen molar-refractivity contribution in [2.24, 2.45) is 0 Å². The summed E-state index contributed by atoms with van der Waals surface area (Å²) in [5.74, 6) is 3.52. The van der Waals surface area contributed by atoms with Crippen LogP contribution in [0.4, 0.5) is 17.1 Å². The molecule has 5 aliphatic rings. The summed E-state index contributed by atoms with van der Waals surface area (Å²) >= 11 is 1.84. The van der Waals surface area contributed by atoms with Crippen LogP contribution < -0.4 is 19.1 Å². The molecule has 17 rings (SSSR count). The predicted octanol–water partition coefficient (Wildman–Crippen LogP) is 23.4. The Kier molecular flexibility index (Phi) is 13.7. The van der Waals surface area contributed by atoms with Gasteiger partial charge in [-0.1, -0.05) is 149 Å². The van der Waals surface area contributed by atoms with Crippen LogP contribution in [0.1, 0.15) is 119 Å². The average Bonchev–Trinajstić information content (AvgIpc) is 1.56. The van der Waals surface area contributed by atoms with Gasteiger partial charge in [0.15, 0.2) is 11.5 Å². The van der Waals surface area contributed by atoms with E-state index in [1.54, 1.807) is 0 Å². The van der Waals surface area contributed by atoms with Crippen molar-refractivity contribution < 1.29 is 14.2 Å². The summed E-state index contributed by atoms with van der Waals surface area (Å²) < 4.78 is 22.5. The van der Waals surface area contributed by atoms with Gasteiger partial charge in [-0.2, -0.15) is 0 Å². The molecule has 0 saturated heterocycles. The molecule has 0 unspecified atom stereocenters. The van der Waals surface area contributed by atoms with Crippen LogP contribution in [0.15, 0.2) is 219 Å². The van der Waals surface area contributed by atoms with E-state index in [0.717, 1.165) is 107 Å². The molecule has 0 fully saturated rings. The summed E-state index contributed by atoms with van der Waals surface area (Å²) in [6.07, 6.45) is 13.3.